The van der Waals surface area contributed by atoms with Crippen molar-refractivity contribution in [2.45, 2.75) is 49.7 Å². The van der Waals surface area contributed by atoms with E-state index in [9.17, 15) is 9.90 Å². The summed E-state index contributed by atoms with van der Waals surface area (Å²) < 4.78 is 17.4. The fourth-order valence-electron chi connectivity index (χ4n) is 6.72. The second kappa shape index (κ2) is 9.42. The molecule has 3 atom stereocenters. The van der Waals surface area contributed by atoms with E-state index in [0.29, 0.717) is 36.0 Å². The normalized spacial score (nSPS) is 24.8. The van der Waals surface area contributed by atoms with Crippen LogP contribution in [0.4, 0.5) is 0 Å². The van der Waals surface area contributed by atoms with Crippen LogP contribution in [0.25, 0.3) is 0 Å². The number of aliphatic hydroxyl groups is 1. The summed E-state index contributed by atoms with van der Waals surface area (Å²) in [6.07, 6.45) is 4.24. The zero-order valence-electron chi connectivity index (χ0n) is 21.4. The Bertz CT molecular complexity index is 1280. The SMILES string of the molecule is COc1ccc([C@H]2[C@@H]3CCCC[C@@]3(O)CCN2C(=O)C2c3ccccc3Oc3ccccc32)c(OC)c1. The Balaban J connectivity index is 1.48. The molecular formula is C31H33NO5. The van der Waals surface area contributed by atoms with Crippen molar-refractivity contribution in [2.24, 2.45) is 5.92 Å². The summed E-state index contributed by atoms with van der Waals surface area (Å²) in [5, 5.41) is 11.8. The summed E-state index contributed by atoms with van der Waals surface area (Å²) in [6, 6.07) is 21.1. The van der Waals surface area contributed by atoms with Gasteiger partial charge in [0.15, 0.2) is 0 Å². The number of carbonyl (C=O) groups excluding carboxylic acids is 1. The van der Waals surface area contributed by atoms with Crippen LogP contribution in [0, 0.1) is 5.92 Å². The Labute approximate surface area is 217 Å². The van der Waals surface area contributed by atoms with Gasteiger partial charge in [0.2, 0.25) is 5.91 Å². The zero-order chi connectivity index (χ0) is 25.6. The molecule has 6 rings (SSSR count). The lowest BCUT2D eigenvalue weighted by Crippen LogP contribution is -2.57. The van der Waals surface area contributed by atoms with E-state index in [2.05, 4.69) is 0 Å². The number of hydrogen-bond donors (Lipinski definition) is 1. The van der Waals surface area contributed by atoms with Crippen LogP contribution in [0.1, 0.15) is 60.8 Å². The predicted octanol–water partition coefficient (Wildman–Crippen LogP) is 5.84. The molecule has 0 spiro atoms. The highest BCUT2D eigenvalue weighted by atomic mass is 16.5. The van der Waals surface area contributed by atoms with Crippen LogP contribution in [0.3, 0.4) is 0 Å². The first-order chi connectivity index (χ1) is 18.0. The summed E-state index contributed by atoms with van der Waals surface area (Å²) >= 11 is 0. The molecule has 2 heterocycles. The van der Waals surface area contributed by atoms with Crippen molar-refractivity contribution in [3.8, 4) is 23.0 Å². The van der Waals surface area contributed by atoms with Gasteiger partial charge < -0.3 is 24.2 Å². The molecule has 3 aromatic rings. The topological polar surface area (TPSA) is 68.2 Å². The zero-order valence-corrected chi connectivity index (χ0v) is 21.4. The number of likely N-dealkylation sites (tertiary alicyclic amines) is 1. The lowest BCUT2D eigenvalue weighted by Gasteiger charge is -2.53. The number of amides is 1. The van der Waals surface area contributed by atoms with Crippen LogP contribution in [0.2, 0.25) is 0 Å². The van der Waals surface area contributed by atoms with Gasteiger partial charge in [-0.3, -0.25) is 4.79 Å². The monoisotopic (exact) mass is 499 g/mol. The highest BCUT2D eigenvalue weighted by molar-refractivity contribution is 5.90. The number of methoxy groups -OCH3 is 2. The van der Waals surface area contributed by atoms with Gasteiger partial charge in [0, 0.05) is 35.2 Å². The molecule has 192 valence electrons. The average Bonchev–Trinajstić information content (AvgIpc) is 2.94. The molecule has 1 amide bonds. The molecule has 0 radical (unpaired) electrons. The van der Waals surface area contributed by atoms with Crippen molar-refractivity contribution in [1.82, 2.24) is 4.90 Å². The van der Waals surface area contributed by atoms with E-state index in [1.165, 1.54) is 0 Å². The smallest absolute Gasteiger partial charge is 0.235 e. The van der Waals surface area contributed by atoms with Gasteiger partial charge in [-0.25, -0.2) is 0 Å². The third-order valence-electron chi connectivity index (χ3n) is 8.54. The number of para-hydroxylation sites is 2. The minimum Gasteiger partial charge on any atom is -0.497 e. The molecule has 37 heavy (non-hydrogen) atoms. The van der Waals surface area contributed by atoms with Gasteiger partial charge in [0.05, 0.1) is 31.8 Å². The molecule has 2 aliphatic heterocycles. The molecule has 6 nitrogen and oxygen atoms in total. The van der Waals surface area contributed by atoms with Crippen molar-refractivity contribution in [3.05, 3.63) is 83.4 Å². The van der Waals surface area contributed by atoms with Gasteiger partial charge in [-0.1, -0.05) is 49.2 Å². The Hall–Kier alpha value is -3.51. The van der Waals surface area contributed by atoms with Crippen LogP contribution in [-0.2, 0) is 4.79 Å². The van der Waals surface area contributed by atoms with Crippen LogP contribution in [0.5, 0.6) is 23.0 Å². The molecule has 1 saturated carbocycles. The van der Waals surface area contributed by atoms with Gasteiger partial charge >= 0.3 is 0 Å². The number of nitrogens with zero attached hydrogens (tertiary/aromatic N) is 1. The van der Waals surface area contributed by atoms with E-state index < -0.39 is 11.5 Å². The molecule has 3 aliphatic rings. The molecule has 3 aromatic carbocycles. The number of benzene rings is 3. The van der Waals surface area contributed by atoms with Gasteiger partial charge in [0.25, 0.3) is 0 Å². The highest BCUT2D eigenvalue weighted by Crippen LogP contribution is 2.53. The van der Waals surface area contributed by atoms with Crippen LogP contribution < -0.4 is 14.2 Å². The number of ether oxygens (including phenoxy) is 3. The molecule has 0 bridgehead atoms. The second-order valence-electron chi connectivity index (χ2n) is 10.4. The minimum absolute atomic E-state index is 0.0266. The summed E-state index contributed by atoms with van der Waals surface area (Å²) in [7, 11) is 3.27. The van der Waals surface area contributed by atoms with Crippen molar-refractivity contribution in [1.29, 1.82) is 0 Å². The second-order valence-corrected chi connectivity index (χ2v) is 10.4. The van der Waals surface area contributed by atoms with Crippen molar-refractivity contribution in [2.75, 3.05) is 20.8 Å². The van der Waals surface area contributed by atoms with Crippen molar-refractivity contribution in [3.63, 3.8) is 0 Å². The van der Waals surface area contributed by atoms with E-state index in [4.69, 9.17) is 14.2 Å². The molecule has 1 N–H and O–H groups in total. The Morgan fingerprint density at radius 2 is 1.62 bits per heavy atom. The van der Waals surface area contributed by atoms with Crippen LogP contribution in [0.15, 0.2) is 66.7 Å². The van der Waals surface area contributed by atoms with E-state index in [1.807, 2.05) is 71.6 Å². The first-order valence-corrected chi connectivity index (χ1v) is 13.1. The van der Waals surface area contributed by atoms with Crippen molar-refractivity contribution < 1.29 is 24.1 Å². The fraction of sp³-hybridized carbons (Fsp3) is 0.387. The highest BCUT2D eigenvalue weighted by Gasteiger charge is 2.52. The third-order valence-corrected chi connectivity index (χ3v) is 8.54. The van der Waals surface area contributed by atoms with Gasteiger partial charge in [-0.2, -0.15) is 0 Å². The fourth-order valence-corrected chi connectivity index (χ4v) is 6.72. The number of rotatable bonds is 4. The Morgan fingerprint density at radius 3 is 2.30 bits per heavy atom. The maximum absolute atomic E-state index is 14.7. The van der Waals surface area contributed by atoms with Crippen LogP contribution >= 0.6 is 0 Å². The van der Waals surface area contributed by atoms with E-state index in [0.717, 1.165) is 42.4 Å². The summed E-state index contributed by atoms with van der Waals surface area (Å²) in [4.78, 5) is 16.7. The largest absolute Gasteiger partial charge is 0.497 e. The lowest BCUT2D eigenvalue weighted by molar-refractivity contribution is -0.156. The molecule has 6 heteroatoms. The first-order valence-electron chi connectivity index (χ1n) is 13.1. The van der Waals surface area contributed by atoms with E-state index in [1.54, 1.807) is 14.2 Å². The summed E-state index contributed by atoms with van der Waals surface area (Å²) in [5.41, 5.74) is 1.86. The van der Waals surface area contributed by atoms with E-state index >= 15 is 0 Å². The Morgan fingerprint density at radius 1 is 0.919 bits per heavy atom. The first kappa shape index (κ1) is 23.9. The number of fused-ring (bicyclic) bond motifs is 3. The number of hydrogen-bond acceptors (Lipinski definition) is 5. The quantitative estimate of drug-likeness (QED) is 0.489. The van der Waals surface area contributed by atoms with Gasteiger partial charge in [-0.05, 0) is 43.5 Å². The maximum Gasteiger partial charge on any atom is 0.235 e. The van der Waals surface area contributed by atoms with Crippen LogP contribution in [-0.4, -0.2) is 42.3 Å². The summed E-state index contributed by atoms with van der Waals surface area (Å²) in [5.74, 6) is 2.26. The summed E-state index contributed by atoms with van der Waals surface area (Å²) in [6.45, 7) is 0.480. The van der Waals surface area contributed by atoms with Crippen molar-refractivity contribution >= 4 is 5.91 Å². The Kier molecular flexibility index (Phi) is 6.07. The third kappa shape index (κ3) is 3.95. The van der Waals surface area contributed by atoms with Gasteiger partial charge in [0.1, 0.15) is 23.0 Å². The standard InChI is InChI=1S/C31H33NO5/c1-35-20-14-15-23(27(19-20)36-2)29-24-11-7-8-16-31(24,34)17-18-32(29)30(33)28-21-9-3-5-12-25(21)37-26-13-6-4-10-22(26)28/h3-6,9-10,12-15,19,24,28-29,34H,7-8,11,16-18H2,1-2H3/t24-,29-,31+/m0/s1. The molecule has 1 aliphatic carbocycles. The molecule has 0 unspecified atom stereocenters. The molecule has 2 fully saturated rings. The number of piperidine rings is 1. The van der Waals surface area contributed by atoms with E-state index in [-0.39, 0.29) is 17.9 Å². The minimum atomic E-state index is -0.796. The van der Waals surface area contributed by atoms with Gasteiger partial charge in [-0.15, -0.1) is 0 Å². The lowest BCUT2D eigenvalue weighted by atomic mass is 9.65. The molecule has 0 aromatic heterocycles. The molecule has 1 saturated heterocycles. The predicted molar refractivity (Wildman–Crippen MR) is 140 cm³/mol. The number of carbonyl (C=O) groups is 1. The maximum atomic E-state index is 14.7. The average molecular weight is 500 g/mol. The molecular weight excluding hydrogens is 466 g/mol.